The van der Waals surface area contributed by atoms with Crippen LogP contribution in [0.25, 0.3) is 0 Å². The van der Waals surface area contributed by atoms with Crippen LogP contribution in [0.5, 0.6) is 0 Å². The SMILES string of the molecule is C=CC[C@@]1(C)C[C@H](c2cccc(Cl)c2)C(c2ccc(Cl)cc2)N(c2ccnc(Cl)n2)C1=O. The van der Waals surface area contributed by atoms with Crippen LogP contribution in [0.2, 0.25) is 15.3 Å². The van der Waals surface area contributed by atoms with Gasteiger partial charge in [0.25, 0.3) is 0 Å². The Morgan fingerprint density at radius 2 is 1.84 bits per heavy atom. The summed E-state index contributed by atoms with van der Waals surface area (Å²) in [6, 6.07) is 16.7. The zero-order chi connectivity index (χ0) is 22.9. The summed E-state index contributed by atoms with van der Waals surface area (Å²) in [7, 11) is 0. The van der Waals surface area contributed by atoms with Gasteiger partial charge >= 0.3 is 0 Å². The van der Waals surface area contributed by atoms with E-state index in [9.17, 15) is 4.79 Å². The second kappa shape index (κ2) is 9.22. The molecule has 3 aromatic rings. The Morgan fingerprint density at radius 3 is 2.50 bits per heavy atom. The summed E-state index contributed by atoms with van der Waals surface area (Å²) in [6.07, 6.45) is 4.51. The van der Waals surface area contributed by atoms with Gasteiger partial charge in [-0.25, -0.2) is 9.97 Å². The lowest BCUT2D eigenvalue weighted by atomic mass is 9.67. The third kappa shape index (κ3) is 4.40. The second-order valence-corrected chi connectivity index (χ2v) is 9.49. The number of anilines is 1. The molecule has 7 heteroatoms. The summed E-state index contributed by atoms with van der Waals surface area (Å²) >= 11 is 18.6. The first-order chi connectivity index (χ1) is 15.3. The molecule has 0 radical (unpaired) electrons. The highest BCUT2D eigenvalue weighted by Gasteiger charge is 2.50. The van der Waals surface area contributed by atoms with Crippen molar-refractivity contribution in [3.8, 4) is 0 Å². The molecule has 2 heterocycles. The normalized spacial score (nSPS) is 23.2. The summed E-state index contributed by atoms with van der Waals surface area (Å²) in [5, 5.41) is 1.36. The van der Waals surface area contributed by atoms with E-state index in [1.807, 2.05) is 49.4 Å². The van der Waals surface area contributed by atoms with Crippen molar-refractivity contribution in [1.29, 1.82) is 0 Å². The highest BCUT2D eigenvalue weighted by molar-refractivity contribution is 6.31. The number of amides is 1. The monoisotopic (exact) mass is 485 g/mol. The average molecular weight is 487 g/mol. The summed E-state index contributed by atoms with van der Waals surface area (Å²) in [6.45, 7) is 5.87. The number of halogens is 3. The maximum absolute atomic E-state index is 14.0. The van der Waals surface area contributed by atoms with Crippen LogP contribution >= 0.6 is 34.8 Å². The standard InChI is InChI=1S/C25H22Cl3N3O/c1-3-12-25(2)15-20(17-5-4-6-19(27)14-17)22(16-7-9-18(26)10-8-16)31(23(25)32)21-11-13-29-24(28)30-21/h3-11,13-14,20,22H,1,12,15H2,2H3/t20-,22?,25+/m1/s1. The molecular weight excluding hydrogens is 465 g/mol. The van der Waals surface area contributed by atoms with Crippen LogP contribution in [0, 0.1) is 5.41 Å². The van der Waals surface area contributed by atoms with Gasteiger partial charge in [-0.1, -0.05) is 60.5 Å². The zero-order valence-electron chi connectivity index (χ0n) is 17.5. The maximum Gasteiger partial charge on any atom is 0.235 e. The first-order valence-corrected chi connectivity index (χ1v) is 11.4. The van der Waals surface area contributed by atoms with E-state index in [2.05, 4.69) is 22.6 Å². The fraction of sp³-hybridized carbons (Fsp3) is 0.240. The molecule has 2 aromatic carbocycles. The van der Waals surface area contributed by atoms with Crippen LogP contribution in [-0.2, 0) is 4.79 Å². The molecule has 3 atom stereocenters. The highest BCUT2D eigenvalue weighted by atomic mass is 35.5. The molecule has 1 aliphatic rings. The Labute approximate surface area is 202 Å². The van der Waals surface area contributed by atoms with Crippen molar-refractivity contribution in [1.82, 2.24) is 9.97 Å². The molecule has 1 unspecified atom stereocenters. The minimum absolute atomic E-state index is 0.0367. The molecule has 4 nitrogen and oxygen atoms in total. The van der Waals surface area contributed by atoms with Gasteiger partial charge in [0.15, 0.2) is 0 Å². The van der Waals surface area contributed by atoms with E-state index in [1.54, 1.807) is 23.2 Å². The van der Waals surface area contributed by atoms with Crippen LogP contribution < -0.4 is 4.90 Å². The summed E-state index contributed by atoms with van der Waals surface area (Å²) < 4.78 is 0. The minimum atomic E-state index is -0.672. The number of hydrogen-bond donors (Lipinski definition) is 0. The number of aromatic nitrogens is 2. The lowest BCUT2D eigenvalue weighted by molar-refractivity contribution is -0.131. The van der Waals surface area contributed by atoms with Crippen molar-refractivity contribution in [2.75, 3.05) is 4.90 Å². The topological polar surface area (TPSA) is 46.1 Å². The van der Waals surface area contributed by atoms with Crippen LogP contribution in [0.1, 0.15) is 42.9 Å². The first-order valence-electron chi connectivity index (χ1n) is 10.3. The van der Waals surface area contributed by atoms with Gasteiger partial charge in [-0.3, -0.25) is 9.69 Å². The van der Waals surface area contributed by atoms with Gasteiger partial charge < -0.3 is 0 Å². The quantitative estimate of drug-likeness (QED) is 0.281. The molecule has 0 spiro atoms. The van der Waals surface area contributed by atoms with Gasteiger partial charge in [-0.15, -0.1) is 6.58 Å². The van der Waals surface area contributed by atoms with Gasteiger partial charge in [-0.2, -0.15) is 0 Å². The third-order valence-electron chi connectivity index (χ3n) is 6.01. The van der Waals surface area contributed by atoms with Gasteiger partial charge in [0.1, 0.15) is 5.82 Å². The molecule has 0 aliphatic carbocycles. The molecule has 0 saturated carbocycles. The molecule has 0 bridgehead atoms. The Balaban J connectivity index is 1.95. The molecule has 164 valence electrons. The first kappa shape index (κ1) is 22.8. The maximum atomic E-state index is 14.0. The molecule has 1 saturated heterocycles. The number of carbonyl (C=O) groups excluding carboxylic acids is 1. The molecule has 1 amide bonds. The molecule has 1 aliphatic heterocycles. The molecule has 1 aromatic heterocycles. The second-order valence-electron chi connectivity index (χ2n) is 8.27. The number of nitrogens with zero attached hydrogens (tertiary/aromatic N) is 3. The van der Waals surface area contributed by atoms with Crippen molar-refractivity contribution in [2.24, 2.45) is 5.41 Å². The predicted molar refractivity (Wildman–Crippen MR) is 130 cm³/mol. The van der Waals surface area contributed by atoms with Crippen LogP contribution in [-0.4, -0.2) is 15.9 Å². The smallest absolute Gasteiger partial charge is 0.235 e. The fourth-order valence-corrected chi connectivity index (χ4v) is 5.02. The van der Waals surface area contributed by atoms with Crippen molar-refractivity contribution >= 4 is 46.5 Å². The number of rotatable bonds is 5. The molecule has 32 heavy (non-hydrogen) atoms. The number of carbonyl (C=O) groups is 1. The number of benzene rings is 2. The van der Waals surface area contributed by atoms with Crippen LogP contribution in [0.15, 0.2) is 73.4 Å². The lowest BCUT2D eigenvalue weighted by Crippen LogP contribution is -2.52. The highest BCUT2D eigenvalue weighted by Crippen LogP contribution is 2.52. The zero-order valence-corrected chi connectivity index (χ0v) is 19.8. The van der Waals surface area contributed by atoms with E-state index in [0.29, 0.717) is 28.7 Å². The third-order valence-corrected chi connectivity index (χ3v) is 6.68. The Kier molecular flexibility index (Phi) is 6.57. The Morgan fingerprint density at radius 1 is 1.09 bits per heavy atom. The largest absolute Gasteiger partial charge is 0.288 e. The summed E-state index contributed by atoms with van der Waals surface area (Å²) in [5.41, 5.74) is 1.32. The van der Waals surface area contributed by atoms with Crippen molar-refractivity contribution in [2.45, 2.75) is 31.7 Å². The van der Waals surface area contributed by atoms with E-state index in [4.69, 9.17) is 34.8 Å². The number of hydrogen-bond acceptors (Lipinski definition) is 3. The van der Waals surface area contributed by atoms with E-state index in [1.165, 1.54) is 0 Å². The molecule has 0 N–H and O–H groups in total. The van der Waals surface area contributed by atoms with Gasteiger partial charge in [0, 0.05) is 22.2 Å². The Bertz CT molecular complexity index is 1150. The fourth-order valence-electron chi connectivity index (χ4n) is 4.56. The van der Waals surface area contributed by atoms with E-state index < -0.39 is 5.41 Å². The van der Waals surface area contributed by atoms with E-state index in [-0.39, 0.29) is 23.2 Å². The van der Waals surface area contributed by atoms with Gasteiger partial charge in [0.05, 0.1) is 11.5 Å². The molecular formula is C25H22Cl3N3O. The van der Waals surface area contributed by atoms with E-state index >= 15 is 0 Å². The van der Waals surface area contributed by atoms with Gasteiger partial charge in [-0.05, 0) is 65.9 Å². The summed E-state index contributed by atoms with van der Waals surface area (Å²) in [4.78, 5) is 24.1. The van der Waals surface area contributed by atoms with Crippen molar-refractivity contribution in [3.63, 3.8) is 0 Å². The minimum Gasteiger partial charge on any atom is -0.288 e. The van der Waals surface area contributed by atoms with Gasteiger partial charge in [0.2, 0.25) is 11.2 Å². The van der Waals surface area contributed by atoms with Crippen molar-refractivity contribution in [3.05, 3.63) is 99.9 Å². The van der Waals surface area contributed by atoms with E-state index in [0.717, 1.165) is 11.1 Å². The average Bonchev–Trinajstić information content (AvgIpc) is 2.76. The molecule has 1 fully saturated rings. The summed E-state index contributed by atoms with van der Waals surface area (Å²) in [5.74, 6) is 0.369. The lowest BCUT2D eigenvalue weighted by Gasteiger charge is -2.48. The predicted octanol–water partition coefficient (Wildman–Crippen LogP) is 7.28. The number of allylic oxidation sites excluding steroid dienone is 1. The molecule has 4 rings (SSSR count). The number of piperidine rings is 1. The Hall–Kier alpha value is -2.40. The van der Waals surface area contributed by atoms with Crippen molar-refractivity contribution < 1.29 is 4.79 Å². The van der Waals surface area contributed by atoms with Crippen LogP contribution in [0.4, 0.5) is 5.82 Å². The van der Waals surface area contributed by atoms with Crippen LogP contribution in [0.3, 0.4) is 0 Å².